The van der Waals surface area contributed by atoms with Crippen LogP contribution >= 0.6 is 0 Å². The third-order valence-electron chi connectivity index (χ3n) is 5.11. The Bertz CT molecular complexity index is 790. The molecule has 6 heteroatoms. The zero-order chi connectivity index (χ0) is 19.6. The van der Waals surface area contributed by atoms with Gasteiger partial charge >= 0.3 is 0 Å². The minimum absolute atomic E-state index is 0.240. The summed E-state index contributed by atoms with van der Waals surface area (Å²) in [5.74, 6) is 0.653. The minimum atomic E-state index is -0.330. The van der Waals surface area contributed by atoms with Crippen molar-refractivity contribution in [1.82, 2.24) is 24.6 Å². The second-order valence-corrected chi connectivity index (χ2v) is 8.82. The van der Waals surface area contributed by atoms with Gasteiger partial charge in [-0.15, -0.1) is 0 Å². The first-order chi connectivity index (χ1) is 12.8. The first kappa shape index (κ1) is 19.5. The molecule has 27 heavy (non-hydrogen) atoms. The molecule has 0 radical (unpaired) electrons. The number of carbonyl (C=O) groups is 1. The van der Waals surface area contributed by atoms with Crippen molar-refractivity contribution >= 4 is 5.91 Å². The largest absolute Gasteiger partial charge is 0.342 e. The number of hydrogen-bond acceptors (Lipinski definition) is 4. The predicted molar refractivity (Wildman–Crippen MR) is 106 cm³/mol. The van der Waals surface area contributed by atoms with Crippen molar-refractivity contribution < 1.29 is 4.79 Å². The molecule has 3 heterocycles. The molecular formula is C21H31N5O. The van der Waals surface area contributed by atoms with Gasteiger partial charge in [0, 0.05) is 43.1 Å². The zero-order valence-corrected chi connectivity index (χ0v) is 17.1. The van der Waals surface area contributed by atoms with Crippen LogP contribution in [0.4, 0.5) is 0 Å². The number of nitrogens with zero attached hydrogens (tertiary/aromatic N) is 5. The molecule has 3 rings (SSSR count). The van der Waals surface area contributed by atoms with E-state index in [2.05, 4.69) is 28.9 Å². The average Bonchev–Trinajstić information content (AvgIpc) is 3.11. The van der Waals surface area contributed by atoms with Gasteiger partial charge in [-0.3, -0.25) is 19.4 Å². The van der Waals surface area contributed by atoms with Crippen molar-refractivity contribution in [3.8, 4) is 11.4 Å². The van der Waals surface area contributed by atoms with Crippen LogP contribution < -0.4 is 0 Å². The van der Waals surface area contributed by atoms with E-state index >= 15 is 0 Å². The summed E-state index contributed by atoms with van der Waals surface area (Å²) in [6, 6.07) is 2.27. The van der Waals surface area contributed by atoms with E-state index in [9.17, 15) is 4.79 Å². The molecule has 6 nitrogen and oxygen atoms in total. The van der Waals surface area contributed by atoms with Crippen LogP contribution in [0.2, 0.25) is 0 Å². The van der Waals surface area contributed by atoms with Crippen molar-refractivity contribution in [3.63, 3.8) is 0 Å². The highest BCUT2D eigenvalue weighted by Gasteiger charge is 2.31. The number of amides is 1. The molecule has 1 aliphatic rings. The van der Waals surface area contributed by atoms with Crippen LogP contribution in [0.25, 0.3) is 11.4 Å². The van der Waals surface area contributed by atoms with Crippen LogP contribution in [0.1, 0.15) is 59.2 Å². The molecule has 0 aliphatic carbocycles. The van der Waals surface area contributed by atoms with Gasteiger partial charge in [-0.2, -0.15) is 5.10 Å². The fourth-order valence-electron chi connectivity index (χ4n) is 3.81. The van der Waals surface area contributed by atoms with Gasteiger partial charge in [-0.05, 0) is 45.1 Å². The first-order valence-electron chi connectivity index (χ1n) is 9.90. The maximum Gasteiger partial charge on any atom is 0.227 e. The second-order valence-electron chi connectivity index (χ2n) is 8.82. The van der Waals surface area contributed by atoms with Gasteiger partial charge in [0.2, 0.25) is 5.91 Å². The summed E-state index contributed by atoms with van der Waals surface area (Å²) in [4.78, 5) is 24.0. The molecule has 0 unspecified atom stereocenters. The molecule has 0 spiro atoms. The molecular weight excluding hydrogens is 338 g/mol. The van der Waals surface area contributed by atoms with E-state index < -0.39 is 0 Å². The topological polar surface area (TPSA) is 63.9 Å². The van der Waals surface area contributed by atoms with Crippen LogP contribution in [-0.2, 0) is 11.2 Å². The molecule has 1 saturated heterocycles. The Morgan fingerprint density at radius 1 is 1.22 bits per heavy atom. The smallest absolute Gasteiger partial charge is 0.227 e. The maximum atomic E-state index is 12.7. The summed E-state index contributed by atoms with van der Waals surface area (Å²) in [5.41, 5.74) is 2.58. The lowest BCUT2D eigenvalue weighted by molar-refractivity contribution is -0.141. The summed E-state index contributed by atoms with van der Waals surface area (Å²) in [5, 5.41) is 4.44. The van der Waals surface area contributed by atoms with E-state index in [0.717, 1.165) is 49.4 Å². The number of hydrogen-bond donors (Lipinski definition) is 0. The van der Waals surface area contributed by atoms with E-state index in [-0.39, 0.29) is 17.4 Å². The normalized spacial score (nSPS) is 18.1. The van der Waals surface area contributed by atoms with Gasteiger partial charge in [0.15, 0.2) is 0 Å². The molecule has 2 aromatic rings. The zero-order valence-electron chi connectivity index (χ0n) is 17.1. The van der Waals surface area contributed by atoms with Gasteiger partial charge in [0.25, 0.3) is 0 Å². The van der Waals surface area contributed by atoms with E-state index in [1.165, 1.54) is 0 Å². The lowest BCUT2D eigenvalue weighted by Gasteiger charge is -2.36. The molecule has 1 amide bonds. The van der Waals surface area contributed by atoms with Crippen LogP contribution in [-0.4, -0.2) is 43.6 Å². The molecule has 1 atom stereocenters. The lowest BCUT2D eigenvalue weighted by atomic mass is 9.89. The van der Waals surface area contributed by atoms with Gasteiger partial charge in [-0.25, -0.2) is 0 Å². The quantitative estimate of drug-likeness (QED) is 0.823. The molecule has 1 aliphatic heterocycles. The molecule has 0 aromatic carbocycles. The monoisotopic (exact) mass is 369 g/mol. The van der Waals surface area contributed by atoms with E-state index in [1.807, 2.05) is 42.6 Å². The van der Waals surface area contributed by atoms with Crippen molar-refractivity contribution in [2.45, 2.75) is 59.9 Å². The predicted octanol–water partition coefficient (Wildman–Crippen LogP) is 3.75. The van der Waals surface area contributed by atoms with Gasteiger partial charge < -0.3 is 4.90 Å². The summed E-state index contributed by atoms with van der Waals surface area (Å²) in [6.07, 6.45) is 8.32. The lowest BCUT2D eigenvalue weighted by Crippen LogP contribution is -2.45. The van der Waals surface area contributed by atoms with Crippen molar-refractivity contribution in [2.75, 3.05) is 13.1 Å². The minimum Gasteiger partial charge on any atom is -0.342 e. The second kappa shape index (κ2) is 7.79. The molecule has 0 N–H and O–H groups in total. The Kier molecular flexibility index (Phi) is 5.63. The Balaban J connectivity index is 1.80. The van der Waals surface area contributed by atoms with Crippen molar-refractivity contribution in [2.24, 2.45) is 11.3 Å². The van der Waals surface area contributed by atoms with Crippen LogP contribution in [0.3, 0.4) is 0 Å². The SMILES string of the molecule is CC(C)n1nccc1-c1nccnc1C[C@H]1CCCN(C(=O)C(C)(C)C)C1. The van der Waals surface area contributed by atoms with E-state index in [1.54, 1.807) is 12.4 Å². The first-order valence-corrected chi connectivity index (χ1v) is 9.90. The Morgan fingerprint density at radius 2 is 1.96 bits per heavy atom. The van der Waals surface area contributed by atoms with Gasteiger partial charge in [-0.1, -0.05) is 20.8 Å². The summed E-state index contributed by atoms with van der Waals surface area (Å²) in [6.45, 7) is 11.9. The summed E-state index contributed by atoms with van der Waals surface area (Å²) >= 11 is 0. The molecule has 0 bridgehead atoms. The number of likely N-dealkylation sites (tertiary alicyclic amines) is 1. The van der Waals surface area contributed by atoms with Crippen LogP contribution in [0, 0.1) is 11.3 Å². The van der Waals surface area contributed by atoms with Crippen molar-refractivity contribution in [1.29, 1.82) is 0 Å². The van der Waals surface area contributed by atoms with E-state index in [0.29, 0.717) is 5.92 Å². The highest BCUT2D eigenvalue weighted by Crippen LogP contribution is 2.28. The highest BCUT2D eigenvalue weighted by atomic mass is 16.2. The fourth-order valence-corrected chi connectivity index (χ4v) is 3.81. The maximum absolute atomic E-state index is 12.7. The number of rotatable bonds is 4. The summed E-state index contributed by atoms with van der Waals surface area (Å²) in [7, 11) is 0. The van der Waals surface area contributed by atoms with Crippen LogP contribution in [0.15, 0.2) is 24.7 Å². The number of aromatic nitrogens is 4. The van der Waals surface area contributed by atoms with E-state index in [4.69, 9.17) is 0 Å². The van der Waals surface area contributed by atoms with Gasteiger partial charge in [0.1, 0.15) is 5.69 Å². The standard InChI is InChI=1S/C21H31N5O/c1-15(2)26-18(8-9-24-26)19-17(22-10-11-23-19)13-16-7-6-12-25(14-16)20(27)21(3,4)5/h8-11,15-16H,6-7,12-14H2,1-5H3/t16-/m1/s1. The average molecular weight is 370 g/mol. The third kappa shape index (κ3) is 4.37. The van der Waals surface area contributed by atoms with Crippen molar-refractivity contribution in [3.05, 3.63) is 30.4 Å². The third-order valence-corrected chi connectivity index (χ3v) is 5.11. The molecule has 146 valence electrons. The molecule has 2 aromatic heterocycles. The fraction of sp³-hybridized carbons (Fsp3) is 0.619. The Labute approximate surface area is 162 Å². The number of carbonyl (C=O) groups excluding carboxylic acids is 1. The Hall–Kier alpha value is -2.24. The van der Waals surface area contributed by atoms with Crippen LogP contribution in [0.5, 0.6) is 0 Å². The molecule has 1 fully saturated rings. The highest BCUT2D eigenvalue weighted by molar-refractivity contribution is 5.81. The molecule has 0 saturated carbocycles. The Morgan fingerprint density at radius 3 is 2.67 bits per heavy atom. The number of piperidine rings is 1. The summed E-state index contributed by atoms with van der Waals surface area (Å²) < 4.78 is 1.99. The van der Waals surface area contributed by atoms with Gasteiger partial charge in [0.05, 0.1) is 11.4 Å².